The number of anilines is 1. The molecular formula is C13H19NO3S. The van der Waals surface area contributed by atoms with E-state index in [1.54, 1.807) is 0 Å². The fraction of sp³-hybridized carbons (Fsp3) is 0.538. The molecular weight excluding hydrogens is 250 g/mol. The van der Waals surface area contributed by atoms with Gasteiger partial charge in [0.15, 0.2) is 0 Å². The topological polar surface area (TPSA) is 55.4 Å². The quantitative estimate of drug-likeness (QED) is 0.909. The van der Waals surface area contributed by atoms with Gasteiger partial charge in [0, 0.05) is 17.8 Å². The van der Waals surface area contributed by atoms with Crippen LogP contribution in [0.2, 0.25) is 0 Å². The molecule has 1 aromatic rings. The molecule has 0 saturated carbocycles. The van der Waals surface area contributed by atoms with Gasteiger partial charge in [-0.2, -0.15) is 0 Å². The summed E-state index contributed by atoms with van der Waals surface area (Å²) in [5.74, 6) is 1.41. The van der Waals surface area contributed by atoms with Gasteiger partial charge in [0.25, 0.3) is 0 Å². The zero-order chi connectivity index (χ0) is 13.0. The van der Waals surface area contributed by atoms with Crippen molar-refractivity contribution in [3.8, 4) is 5.75 Å². The third-order valence-electron chi connectivity index (χ3n) is 3.07. The van der Waals surface area contributed by atoms with E-state index in [2.05, 4.69) is 5.32 Å². The van der Waals surface area contributed by atoms with Crippen molar-refractivity contribution in [2.75, 3.05) is 23.4 Å². The third kappa shape index (κ3) is 3.63. The minimum atomic E-state index is -2.79. The van der Waals surface area contributed by atoms with E-state index in [1.165, 1.54) is 0 Å². The van der Waals surface area contributed by atoms with Gasteiger partial charge in [-0.25, -0.2) is 8.42 Å². The Morgan fingerprint density at radius 2 is 2.06 bits per heavy atom. The first-order valence-electron chi connectivity index (χ1n) is 6.29. The molecule has 1 saturated heterocycles. The summed E-state index contributed by atoms with van der Waals surface area (Å²) in [6, 6.07) is 8.02. The van der Waals surface area contributed by atoms with Gasteiger partial charge < -0.3 is 10.1 Å². The molecule has 4 nitrogen and oxygen atoms in total. The lowest BCUT2D eigenvalue weighted by atomic mass is 10.1. The molecule has 0 bridgehead atoms. The average molecular weight is 269 g/mol. The van der Waals surface area contributed by atoms with E-state index in [-0.39, 0.29) is 17.5 Å². The Hall–Kier alpha value is -1.23. The standard InChI is InChI=1S/C13H19NO3S/c1-2-17-13-5-3-4-12(10-13)14-11-6-8-18(15,16)9-7-11/h3-5,10-11,14H,2,6-9H2,1H3. The van der Waals surface area contributed by atoms with Crippen molar-refractivity contribution in [1.82, 2.24) is 0 Å². The summed E-state index contributed by atoms with van der Waals surface area (Å²) in [5, 5.41) is 3.37. The van der Waals surface area contributed by atoms with Gasteiger partial charge in [-0.05, 0) is 31.9 Å². The van der Waals surface area contributed by atoms with Gasteiger partial charge >= 0.3 is 0 Å². The van der Waals surface area contributed by atoms with Crippen molar-refractivity contribution in [2.45, 2.75) is 25.8 Å². The Morgan fingerprint density at radius 3 is 2.72 bits per heavy atom. The Labute approximate surface area is 108 Å². The van der Waals surface area contributed by atoms with Crippen molar-refractivity contribution >= 4 is 15.5 Å². The minimum absolute atomic E-state index is 0.241. The van der Waals surface area contributed by atoms with Gasteiger partial charge in [-0.1, -0.05) is 6.07 Å². The highest BCUT2D eigenvalue weighted by Crippen LogP contribution is 2.21. The predicted octanol–water partition coefficient (Wildman–Crippen LogP) is 2.07. The molecule has 0 radical (unpaired) electrons. The molecule has 0 spiro atoms. The van der Waals surface area contributed by atoms with Crippen molar-refractivity contribution in [2.24, 2.45) is 0 Å². The highest BCUT2D eigenvalue weighted by Gasteiger charge is 2.23. The Balaban J connectivity index is 1.95. The van der Waals surface area contributed by atoms with Crippen LogP contribution in [0.5, 0.6) is 5.75 Å². The van der Waals surface area contributed by atoms with Crippen molar-refractivity contribution in [1.29, 1.82) is 0 Å². The fourth-order valence-corrected chi connectivity index (χ4v) is 3.60. The van der Waals surface area contributed by atoms with Crippen LogP contribution in [0.4, 0.5) is 5.69 Å². The molecule has 1 fully saturated rings. The lowest BCUT2D eigenvalue weighted by Crippen LogP contribution is -2.32. The second kappa shape index (κ2) is 5.61. The van der Waals surface area contributed by atoms with Crippen LogP contribution >= 0.6 is 0 Å². The molecule has 0 aromatic heterocycles. The van der Waals surface area contributed by atoms with Crippen LogP contribution in [0, 0.1) is 0 Å². The predicted molar refractivity (Wildman–Crippen MR) is 72.9 cm³/mol. The zero-order valence-electron chi connectivity index (χ0n) is 10.6. The fourth-order valence-electron chi connectivity index (χ4n) is 2.11. The van der Waals surface area contributed by atoms with Crippen LogP contribution in [0.3, 0.4) is 0 Å². The molecule has 1 aliphatic heterocycles. The SMILES string of the molecule is CCOc1cccc(NC2CCS(=O)(=O)CC2)c1. The maximum Gasteiger partial charge on any atom is 0.150 e. The number of hydrogen-bond donors (Lipinski definition) is 1. The van der Waals surface area contributed by atoms with Crippen LogP contribution in [-0.2, 0) is 9.84 Å². The molecule has 2 rings (SSSR count). The lowest BCUT2D eigenvalue weighted by Gasteiger charge is -2.24. The molecule has 5 heteroatoms. The van der Waals surface area contributed by atoms with Gasteiger partial charge in [0.1, 0.15) is 15.6 Å². The van der Waals surface area contributed by atoms with E-state index < -0.39 is 9.84 Å². The van der Waals surface area contributed by atoms with Gasteiger partial charge in [0.05, 0.1) is 18.1 Å². The molecule has 0 atom stereocenters. The van der Waals surface area contributed by atoms with Crippen LogP contribution < -0.4 is 10.1 Å². The largest absolute Gasteiger partial charge is 0.494 e. The highest BCUT2D eigenvalue weighted by atomic mass is 32.2. The molecule has 0 aliphatic carbocycles. The van der Waals surface area contributed by atoms with Crippen LogP contribution in [0.1, 0.15) is 19.8 Å². The number of ether oxygens (including phenoxy) is 1. The molecule has 0 unspecified atom stereocenters. The normalized spacial score (nSPS) is 19.4. The Bertz CT molecular complexity index is 485. The summed E-state index contributed by atoms with van der Waals surface area (Å²) in [6.07, 6.45) is 1.36. The second-order valence-electron chi connectivity index (χ2n) is 4.53. The maximum absolute atomic E-state index is 11.3. The number of rotatable bonds is 4. The molecule has 1 aliphatic rings. The molecule has 1 aromatic carbocycles. The monoisotopic (exact) mass is 269 g/mol. The van der Waals surface area contributed by atoms with Gasteiger partial charge in [-0.15, -0.1) is 0 Å². The van der Waals surface area contributed by atoms with E-state index in [1.807, 2.05) is 31.2 Å². The first kappa shape index (κ1) is 13.2. The van der Waals surface area contributed by atoms with E-state index in [9.17, 15) is 8.42 Å². The van der Waals surface area contributed by atoms with Gasteiger partial charge in [-0.3, -0.25) is 0 Å². The number of nitrogens with one attached hydrogen (secondary N) is 1. The summed E-state index contributed by atoms with van der Waals surface area (Å²) in [5.41, 5.74) is 0.991. The summed E-state index contributed by atoms with van der Waals surface area (Å²) in [7, 11) is -2.79. The van der Waals surface area contributed by atoms with Crippen LogP contribution in [-0.4, -0.2) is 32.6 Å². The molecule has 0 amide bonds. The number of sulfone groups is 1. The number of hydrogen-bond acceptors (Lipinski definition) is 4. The van der Waals surface area contributed by atoms with E-state index in [0.717, 1.165) is 11.4 Å². The first-order chi connectivity index (χ1) is 8.59. The second-order valence-corrected chi connectivity index (χ2v) is 6.83. The smallest absolute Gasteiger partial charge is 0.150 e. The minimum Gasteiger partial charge on any atom is -0.494 e. The summed E-state index contributed by atoms with van der Waals surface area (Å²) in [4.78, 5) is 0. The van der Waals surface area contributed by atoms with Crippen LogP contribution in [0.15, 0.2) is 24.3 Å². The third-order valence-corrected chi connectivity index (χ3v) is 4.79. The van der Waals surface area contributed by atoms with E-state index >= 15 is 0 Å². The van der Waals surface area contributed by atoms with E-state index in [0.29, 0.717) is 19.4 Å². The zero-order valence-corrected chi connectivity index (χ0v) is 11.4. The molecule has 1 heterocycles. The number of benzene rings is 1. The molecule has 1 N–H and O–H groups in total. The summed E-state index contributed by atoms with van der Waals surface area (Å²) >= 11 is 0. The maximum atomic E-state index is 11.3. The van der Waals surface area contributed by atoms with Gasteiger partial charge in [0.2, 0.25) is 0 Å². The Morgan fingerprint density at radius 1 is 1.33 bits per heavy atom. The summed E-state index contributed by atoms with van der Waals surface area (Å²) in [6.45, 7) is 2.59. The van der Waals surface area contributed by atoms with Crippen molar-refractivity contribution in [3.63, 3.8) is 0 Å². The lowest BCUT2D eigenvalue weighted by molar-refractivity contribution is 0.340. The average Bonchev–Trinajstić information content (AvgIpc) is 2.33. The van der Waals surface area contributed by atoms with E-state index in [4.69, 9.17) is 4.74 Å². The first-order valence-corrected chi connectivity index (χ1v) is 8.11. The molecule has 18 heavy (non-hydrogen) atoms. The Kier molecular flexibility index (Phi) is 4.11. The summed E-state index contributed by atoms with van der Waals surface area (Å²) < 4.78 is 28.1. The van der Waals surface area contributed by atoms with Crippen molar-refractivity contribution in [3.05, 3.63) is 24.3 Å². The highest BCUT2D eigenvalue weighted by molar-refractivity contribution is 7.91. The van der Waals surface area contributed by atoms with Crippen molar-refractivity contribution < 1.29 is 13.2 Å². The molecule has 100 valence electrons. The van der Waals surface area contributed by atoms with Crippen LogP contribution in [0.25, 0.3) is 0 Å².